The number of carbonyl (C=O) groups excluding carboxylic acids is 1. The van der Waals surface area contributed by atoms with E-state index in [0.29, 0.717) is 17.2 Å². The van der Waals surface area contributed by atoms with Gasteiger partial charge in [0.25, 0.3) is 5.91 Å². The molecule has 1 atom stereocenters. The van der Waals surface area contributed by atoms with E-state index in [9.17, 15) is 4.79 Å². The van der Waals surface area contributed by atoms with Crippen molar-refractivity contribution in [2.24, 2.45) is 18.7 Å². The van der Waals surface area contributed by atoms with Crippen molar-refractivity contribution in [2.45, 2.75) is 6.92 Å². The smallest absolute Gasteiger partial charge is 0.272 e. The number of fused-ring (bicyclic) bond motifs is 1. The fourth-order valence-electron chi connectivity index (χ4n) is 1.81. The molecule has 3 N–H and O–H groups in total. The lowest BCUT2D eigenvalue weighted by Gasteiger charge is -2.09. The number of nitrogens with one attached hydrogen (secondary N) is 1. The second-order valence-corrected chi connectivity index (χ2v) is 4.97. The van der Waals surface area contributed by atoms with Crippen LogP contribution in [0.25, 0.3) is 10.9 Å². The first-order valence-corrected chi connectivity index (χ1v) is 6.40. The highest BCUT2D eigenvalue weighted by atomic mass is 32.1. The molecule has 0 aliphatic rings. The van der Waals surface area contributed by atoms with Crippen molar-refractivity contribution in [2.75, 3.05) is 6.54 Å². The highest BCUT2D eigenvalue weighted by Crippen LogP contribution is 2.17. The molecule has 0 saturated carbocycles. The summed E-state index contributed by atoms with van der Waals surface area (Å²) in [4.78, 5) is 12.5. The summed E-state index contributed by atoms with van der Waals surface area (Å²) in [5.41, 5.74) is 6.87. The second kappa shape index (κ2) is 5.36. The van der Waals surface area contributed by atoms with Gasteiger partial charge in [-0.2, -0.15) is 5.10 Å². The minimum Gasteiger partial charge on any atom is -0.393 e. The molecule has 100 valence electrons. The number of hydrogen-bond donors (Lipinski definition) is 2. The Morgan fingerprint density at radius 2 is 2.21 bits per heavy atom. The van der Waals surface area contributed by atoms with Crippen LogP contribution in [-0.4, -0.2) is 27.2 Å². The second-order valence-electron chi connectivity index (χ2n) is 4.50. The average Bonchev–Trinajstić information content (AvgIpc) is 2.73. The van der Waals surface area contributed by atoms with Crippen LogP contribution in [0, 0.1) is 5.92 Å². The molecule has 0 fully saturated rings. The Morgan fingerprint density at radius 3 is 2.89 bits per heavy atom. The lowest BCUT2D eigenvalue weighted by molar-refractivity contribution is 0.0947. The lowest BCUT2D eigenvalue weighted by atomic mass is 10.1. The largest absolute Gasteiger partial charge is 0.393 e. The van der Waals surface area contributed by atoms with Crippen molar-refractivity contribution in [1.82, 2.24) is 15.1 Å². The van der Waals surface area contributed by atoms with Crippen molar-refractivity contribution in [3.05, 3.63) is 30.0 Å². The molecule has 1 unspecified atom stereocenters. The first-order chi connectivity index (χ1) is 9.00. The van der Waals surface area contributed by atoms with Crippen molar-refractivity contribution in [3.63, 3.8) is 0 Å². The summed E-state index contributed by atoms with van der Waals surface area (Å²) in [6.07, 6.45) is 0. The Hall–Kier alpha value is -1.95. The molecule has 0 aliphatic carbocycles. The number of carbonyl (C=O) groups is 1. The van der Waals surface area contributed by atoms with Gasteiger partial charge < -0.3 is 11.1 Å². The molecule has 19 heavy (non-hydrogen) atoms. The SMILES string of the molecule is CC(CNC(=O)c1nn(C)c2ccccc12)C(N)=S. The van der Waals surface area contributed by atoms with Gasteiger partial charge in [0.2, 0.25) is 0 Å². The topological polar surface area (TPSA) is 72.9 Å². The van der Waals surface area contributed by atoms with Gasteiger partial charge in [-0.15, -0.1) is 0 Å². The summed E-state index contributed by atoms with van der Waals surface area (Å²) in [5, 5.41) is 7.89. The molecule has 0 saturated heterocycles. The number of nitrogens with two attached hydrogens (primary N) is 1. The third kappa shape index (κ3) is 2.73. The Bertz CT molecular complexity index is 635. The first kappa shape index (κ1) is 13.5. The standard InChI is InChI=1S/C13H16N4OS/c1-8(12(14)19)7-15-13(18)11-9-5-3-4-6-10(9)17(2)16-11/h3-6,8H,7H2,1-2H3,(H2,14,19)(H,15,18). The highest BCUT2D eigenvalue weighted by Gasteiger charge is 2.16. The molecule has 5 nitrogen and oxygen atoms in total. The van der Waals surface area contributed by atoms with Crippen LogP contribution in [0.2, 0.25) is 0 Å². The monoisotopic (exact) mass is 276 g/mol. The van der Waals surface area contributed by atoms with E-state index in [1.807, 2.05) is 38.2 Å². The van der Waals surface area contributed by atoms with E-state index >= 15 is 0 Å². The molecule has 2 aromatic rings. The first-order valence-electron chi connectivity index (χ1n) is 6.00. The fraction of sp³-hybridized carbons (Fsp3) is 0.308. The van der Waals surface area contributed by atoms with Gasteiger partial charge in [-0.1, -0.05) is 37.3 Å². The van der Waals surface area contributed by atoms with E-state index in [0.717, 1.165) is 10.9 Å². The number of rotatable bonds is 4. The number of hydrogen-bond acceptors (Lipinski definition) is 3. The maximum Gasteiger partial charge on any atom is 0.272 e. The minimum atomic E-state index is -0.208. The summed E-state index contributed by atoms with van der Waals surface area (Å²) in [6, 6.07) is 7.62. The van der Waals surface area contributed by atoms with Gasteiger partial charge in [0.05, 0.1) is 10.5 Å². The summed E-state index contributed by atoms with van der Waals surface area (Å²) in [6.45, 7) is 2.29. The third-order valence-corrected chi connectivity index (χ3v) is 3.43. The zero-order valence-corrected chi connectivity index (χ0v) is 11.7. The third-order valence-electron chi connectivity index (χ3n) is 3.03. The molecular formula is C13H16N4OS. The van der Waals surface area contributed by atoms with Crippen molar-refractivity contribution in [1.29, 1.82) is 0 Å². The van der Waals surface area contributed by atoms with Gasteiger partial charge in [-0.3, -0.25) is 9.48 Å². The molecule has 1 amide bonds. The highest BCUT2D eigenvalue weighted by molar-refractivity contribution is 7.80. The predicted octanol–water partition coefficient (Wildman–Crippen LogP) is 1.23. The van der Waals surface area contributed by atoms with Crippen LogP contribution in [0.5, 0.6) is 0 Å². The number of benzene rings is 1. The normalized spacial score (nSPS) is 12.3. The van der Waals surface area contributed by atoms with E-state index in [1.165, 1.54) is 0 Å². The predicted molar refractivity (Wildman–Crippen MR) is 79.0 cm³/mol. The van der Waals surface area contributed by atoms with Gasteiger partial charge in [-0.25, -0.2) is 0 Å². The van der Waals surface area contributed by atoms with Crippen LogP contribution in [0.4, 0.5) is 0 Å². The quantitative estimate of drug-likeness (QED) is 0.824. The Labute approximate surface area is 116 Å². The minimum absolute atomic E-state index is 0.0334. The average molecular weight is 276 g/mol. The van der Waals surface area contributed by atoms with Crippen LogP contribution in [0.3, 0.4) is 0 Å². The molecule has 6 heteroatoms. The molecule has 0 radical (unpaired) electrons. The zero-order chi connectivity index (χ0) is 14.0. The molecule has 0 bridgehead atoms. The van der Waals surface area contributed by atoms with E-state index in [2.05, 4.69) is 10.4 Å². The van der Waals surface area contributed by atoms with Crippen molar-refractivity contribution < 1.29 is 4.79 Å². The summed E-state index contributed by atoms with van der Waals surface area (Å²) >= 11 is 4.87. The number of aromatic nitrogens is 2. The van der Waals surface area contributed by atoms with Crippen LogP contribution in [0.1, 0.15) is 17.4 Å². The van der Waals surface area contributed by atoms with Crippen LogP contribution < -0.4 is 11.1 Å². The van der Waals surface area contributed by atoms with Gasteiger partial charge >= 0.3 is 0 Å². The number of para-hydroxylation sites is 1. The summed E-state index contributed by atoms with van der Waals surface area (Å²) < 4.78 is 1.70. The summed E-state index contributed by atoms with van der Waals surface area (Å²) in [7, 11) is 1.82. The number of amides is 1. The Kier molecular flexibility index (Phi) is 3.80. The van der Waals surface area contributed by atoms with Crippen molar-refractivity contribution in [3.8, 4) is 0 Å². The fourth-order valence-corrected chi connectivity index (χ4v) is 1.89. The molecule has 2 rings (SSSR count). The number of aryl methyl sites for hydroxylation is 1. The molecule has 1 aromatic heterocycles. The van der Waals surface area contributed by atoms with Gasteiger partial charge in [0.1, 0.15) is 0 Å². The maximum atomic E-state index is 12.1. The molecule has 1 aromatic carbocycles. The molecule has 0 aliphatic heterocycles. The Morgan fingerprint density at radius 1 is 1.53 bits per heavy atom. The maximum absolute atomic E-state index is 12.1. The molecule has 1 heterocycles. The molecular weight excluding hydrogens is 260 g/mol. The number of thiocarbonyl (C=S) groups is 1. The zero-order valence-electron chi connectivity index (χ0n) is 10.9. The Balaban J connectivity index is 2.20. The van der Waals surface area contributed by atoms with E-state index in [-0.39, 0.29) is 11.8 Å². The van der Waals surface area contributed by atoms with E-state index < -0.39 is 0 Å². The van der Waals surface area contributed by atoms with Gasteiger partial charge in [-0.05, 0) is 6.07 Å². The lowest BCUT2D eigenvalue weighted by Crippen LogP contribution is -2.33. The van der Waals surface area contributed by atoms with Crippen LogP contribution >= 0.6 is 12.2 Å². The van der Waals surface area contributed by atoms with Crippen LogP contribution in [-0.2, 0) is 7.05 Å². The van der Waals surface area contributed by atoms with Crippen molar-refractivity contribution >= 4 is 34.0 Å². The van der Waals surface area contributed by atoms with Gasteiger partial charge in [0, 0.05) is 24.9 Å². The summed E-state index contributed by atoms with van der Waals surface area (Å²) in [5.74, 6) is -0.242. The van der Waals surface area contributed by atoms with E-state index in [4.69, 9.17) is 18.0 Å². The molecule has 0 spiro atoms. The van der Waals surface area contributed by atoms with E-state index in [1.54, 1.807) is 4.68 Å². The van der Waals surface area contributed by atoms with Crippen LogP contribution in [0.15, 0.2) is 24.3 Å². The van der Waals surface area contributed by atoms with Gasteiger partial charge in [0.15, 0.2) is 5.69 Å². The number of nitrogens with zero attached hydrogens (tertiary/aromatic N) is 2.